The predicted octanol–water partition coefficient (Wildman–Crippen LogP) is 0.894. The van der Waals surface area contributed by atoms with Crippen molar-refractivity contribution in [1.82, 2.24) is 5.32 Å². The van der Waals surface area contributed by atoms with E-state index in [1.807, 2.05) is 28.1 Å². The molecule has 3 N–H and O–H groups in total. The lowest BCUT2D eigenvalue weighted by atomic mass is 9.83. The standard InChI is InChI=1S/C16H33N3O3/c1-9-12(2)16(17,14(21)22-15(3,4)5)13(20)18-10-11-19(6,7)8/h12H,9-11,17H2,1-8H3/p+1/t12-,16-/m0/s1. The fraction of sp³-hybridized carbons (Fsp3) is 0.875. The number of rotatable bonds is 7. The van der Waals surface area contributed by atoms with Gasteiger partial charge in [-0.15, -0.1) is 0 Å². The van der Waals surface area contributed by atoms with Gasteiger partial charge in [0.05, 0.1) is 34.2 Å². The molecule has 0 aliphatic rings. The zero-order valence-corrected chi connectivity index (χ0v) is 15.4. The number of esters is 1. The monoisotopic (exact) mass is 316 g/mol. The van der Waals surface area contributed by atoms with Crippen molar-refractivity contribution in [2.45, 2.75) is 52.2 Å². The zero-order valence-electron chi connectivity index (χ0n) is 15.4. The number of nitrogens with one attached hydrogen (secondary N) is 1. The third-order valence-electron chi connectivity index (χ3n) is 3.57. The fourth-order valence-electron chi connectivity index (χ4n) is 1.85. The highest BCUT2D eigenvalue weighted by atomic mass is 16.6. The maximum absolute atomic E-state index is 12.5. The number of carbonyl (C=O) groups excluding carboxylic acids is 2. The Morgan fingerprint density at radius 2 is 1.73 bits per heavy atom. The van der Waals surface area contributed by atoms with Crippen LogP contribution in [0.5, 0.6) is 0 Å². The Balaban J connectivity index is 5.10. The van der Waals surface area contributed by atoms with E-state index >= 15 is 0 Å². The minimum Gasteiger partial charge on any atom is -0.458 e. The second-order valence-corrected chi connectivity index (χ2v) is 7.95. The molecule has 0 aliphatic carbocycles. The van der Waals surface area contributed by atoms with E-state index in [4.69, 9.17) is 10.5 Å². The van der Waals surface area contributed by atoms with Crippen molar-refractivity contribution < 1.29 is 18.8 Å². The van der Waals surface area contributed by atoms with E-state index in [2.05, 4.69) is 5.32 Å². The van der Waals surface area contributed by atoms with Crippen LogP contribution in [-0.4, -0.2) is 61.7 Å². The molecule has 0 saturated heterocycles. The van der Waals surface area contributed by atoms with E-state index in [9.17, 15) is 9.59 Å². The van der Waals surface area contributed by atoms with Crippen LogP contribution >= 0.6 is 0 Å². The van der Waals surface area contributed by atoms with Crippen LogP contribution in [0.2, 0.25) is 0 Å². The van der Waals surface area contributed by atoms with E-state index in [0.29, 0.717) is 17.4 Å². The first kappa shape index (κ1) is 20.9. The molecule has 6 heteroatoms. The van der Waals surface area contributed by atoms with Gasteiger partial charge < -0.3 is 20.3 Å². The van der Waals surface area contributed by atoms with Crippen LogP contribution in [0.1, 0.15) is 41.0 Å². The molecule has 0 rings (SSSR count). The Morgan fingerprint density at radius 1 is 1.23 bits per heavy atom. The molecule has 0 aromatic rings. The van der Waals surface area contributed by atoms with Crippen molar-refractivity contribution in [1.29, 1.82) is 0 Å². The molecule has 0 aliphatic heterocycles. The summed E-state index contributed by atoms with van der Waals surface area (Å²) in [6.07, 6.45) is 0.610. The van der Waals surface area contributed by atoms with Crippen LogP contribution in [0.4, 0.5) is 0 Å². The Hall–Kier alpha value is -1.14. The smallest absolute Gasteiger partial charge is 0.336 e. The minimum atomic E-state index is -1.66. The summed E-state index contributed by atoms with van der Waals surface area (Å²) < 4.78 is 6.08. The van der Waals surface area contributed by atoms with E-state index in [-0.39, 0.29) is 5.92 Å². The second-order valence-electron chi connectivity index (χ2n) is 7.95. The lowest BCUT2D eigenvalue weighted by Crippen LogP contribution is -2.65. The molecule has 1 amide bonds. The minimum absolute atomic E-state index is 0.313. The van der Waals surface area contributed by atoms with Gasteiger partial charge in [-0.25, -0.2) is 4.79 Å². The molecule has 0 fully saturated rings. The molecule has 130 valence electrons. The van der Waals surface area contributed by atoms with Crippen LogP contribution in [0.25, 0.3) is 0 Å². The van der Waals surface area contributed by atoms with E-state index < -0.39 is 23.0 Å². The van der Waals surface area contributed by atoms with Gasteiger partial charge in [-0.05, 0) is 26.7 Å². The summed E-state index contributed by atoms with van der Waals surface area (Å²) in [7, 11) is 6.10. The number of nitrogens with two attached hydrogens (primary N) is 1. The molecule has 0 heterocycles. The Labute approximate surface area is 135 Å². The Bertz CT molecular complexity index is 396. The third kappa shape index (κ3) is 6.32. The lowest BCUT2D eigenvalue weighted by Gasteiger charge is -2.34. The van der Waals surface area contributed by atoms with Gasteiger partial charge in [-0.1, -0.05) is 20.3 Å². The largest absolute Gasteiger partial charge is 0.458 e. The van der Waals surface area contributed by atoms with Crippen LogP contribution in [0.3, 0.4) is 0 Å². The van der Waals surface area contributed by atoms with Crippen LogP contribution in [0.15, 0.2) is 0 Å². The van der Waals surface area contributed by atoms with E-state index in [1.165, 1.54) is 0 Å². The number of nitrogens with zero attached hydrogens (tertiary/aromatic N) is 1. The van der Waals surface area contributed by atoms with Crippen LogP contribution < -0.4 is 11.1 Å². The SMILES string of the molecule is CC[C@H](C)[C@](N)(C(=O)NCC[N+](C)(C)C)C(=O)OC(C)(C)C. The third-order valence-corrected chi connectivity index (χ3v) is 3.57. The van der Waals surface area contributed by atoms with Gasteiger partial charge in [0.15, 0.2) is 5.54 Å². The molecule has 0 saturated carbocycles. The quantitative estimate of drug-likeness (QED) is 0.415. The summed E-state index contributed by atoms with van der Waals surface area (Å²) in [4.78, 5) is 25.0. The van der Waals surface area contributed by atoms with Gasteiger partial charge in [0, 0.05) is 0 Å². The topological polar surface area (TPSA) is 81.4 Å². The van der Waals surface area contributed by atoms with Gasteiger partial charge >= 0.3 is 5.97 Å². The first-order valence-corrected chi connectivity index (χ1v) is 7.85. The molecule has 0 aromatic carbocycles. The van der Waals surface area contributed by atoms with Crippen LogP contribution in [0, 0.1) is 5.92 Å². The number of quaternary nitrogens is 1. The molecule has 0 bridgehead atoms. The Kier molecular flexibility index (Phi) is 7.03. The highest BCUT2D eigenvalue weighted by molar-refractivity contribution is 6.07. The normalized spacial score (nSPS) is 16.6. The summed E-state index contributed by atoms with van der Waals surface area (Å²) in [5.74, 6) is -1.45. The first-order chi connectivity index (χ1) is 9.74. The van der Waals surface area contributed by atoms with Gasteiger partial charge in [-0.2, -0.15) is 0 Å². The number of hydrogen-bond donors (Lipinski definition) is 2. The molecule has 0 unspecified atom stereocenters. The predicted molar refractivity (Wildman–Crippen MR) is 88.1 cm³/mol. The molecule has 0 aromatic heterocycles. The summed E-state index contributed by atoms with van der Waals surface area (Å²) in [6.45, 7) is 10.2. The van der Waals surface area contributed by atoms with Gasteiger partial charge in [0.2, 0.25) is 0 Å². The highest BCUT2D eigenvalue weighted by Gasteiger charge is 2.48. The molecular weight excluding hydrogens is 282 g/mol. The molecule has 0 radical (unpaired) electrons. The zero-order chi connectivity index (χ0) is 17.8. The molecule has 0 spiro atoms. The summed E-state index contributed by atoms with van der Waals surface area (Å²) in [5.41, 5.74) is 3.86. The number of likely N-dealkylation sites (N-methyl/N-ethyl adjacent to an activating group) is 1. The van der Waals surface area contributed by atoms with Crippen molar-refractivity contribution >= 4 is 11.9 Å². The second kappa shape index (κ2) is 7.42. The number of carbonyl (C=O) groups is 2. The van der Waals surface area contributed by atoms with Gasteiger partial charge in [0.1, 0.15) is 5.60 Å². The van der Waals surface area contributed by atoms with Crippen molar-refractivity contribution in [2.75, 3.05) is 34.2 Å². The summed E-state index contributed by atoms with van der Waals surface area (Å²) in [6, 6.07) is 0. The average Bonchev–Trinajstić information content (AvgIpc) is 2.32. The molecular formula is C16H34N3O3+. The maximum Gasteiger partial charge on any atom is 0.336 e. The summed E-state index contributed by atoms with van der Waals surface area (Å²) in [5, 5.41) is 2.78. The lowest BCUT2D eigenvalue weighted by molar-refractivity contribution is -0.869. The average molecular weight is 316 g/mol. The van der Waals surface area contributed by atoms with Gasteiger partial charge in [-0.3, -0.25) is 4.79 Å². The number of hydrogen-bond acceptors (Lipinski definition) is 4. The summed E-state index contributed by atoms with van der Waals surface area (Å²) >= 11 is 0. The van der Waals surface area contributed by atoms with Crippen molar-refractivity contribution in [3.8, 4) is 0 Å². The highest BCUT2D eigenvalue weighted by Crippen LogP contribution is 2.23. The fourth-order valence-corrected chi connectivity index (χ4v) is 1.85. The number of amides is 1. The van der Waals surface area contributed by atoms with Crippen molar-refractivity contribution in [3.05, 3.63) is 0 Å². The number of ether oxygens (including phenoxy) is 1. The first-order valence-electron chi connectivity index (χ1n) is 7.85. The van der Waals surface area contributed by atoms with Crippen molar-refractivity contribution in [2.24, 2.45) is 11.7 Å². The molecule has 6 nitrogen and oxygen atoms in total. The van der Waals surface area contributed by atoms with E-state index in [1.54, 1.807) is 27.7 Å². The van der Waals surface area contributed by atoms with E-state index in [0.717, 1.165) is 6.54 Å². The van der Waals surface area contributed by atoms with Crippen LogP contribution in [-0.2, 0) is 14.3 Å². The Morgan fingerprint density at radius 3 is 2.09 bits per heavy atom. The molecule has 22 heavy (non-hydrogen) atoms. The van der Waals surface area contributed by atoms with Crippen molar-refractivity contribution in [3.63, 3.8) is 0 Å². The maximum atomic E-state index is 12.5. The van der Waals surface area contributed by atoms with Gasteiger partial charge in [0.25, 0.3) is 5.91 Å². The molecule has 2 atom stereocenters.